The van der Waals surface area contributed by atoms with E-state index < -0.39 is 23.6 Å². The number of hydrogen-bond acceptors (Lipinski definition) is 4. The molecule has 1 aromatic heterocycles. The highest BCUT2D eigenvalue weighted by Crippen LogP contribution is 2.54. The van der Waals surface area contributed by atoms with E-state index in [1.807, 2.05) is 78.2 Å². The third-order valence-corrected chi connectivity index (χ3v) is 6.11. The summed E-state index contributed by atoms with van der Waals surface area (Å²) in [5, 5.41) is 41.1. The van der Waals surface area contributed by atoms with Crippen molar-refractivity contribution in [2.24, 2.45) is 16.8 Å². The van der Waals surface area contributed by atoms with Crippen molar-refractivity contribution in [1.29, 1.82) is 10.5 Å². The van der Waals surface area contributed by atoms with Crippen LogP contribution in [0.5, 0.6) is 0 Å². The highest BCUT2D eigenvalue weighted by molar-refractivity contribution is 6.13. The Balaban J connectivity index is 2.04. The van der Waals surface area contributed by atoms with Crippen molar-refractivity contribution in [3.05, 3.63) is 77.0 Å². The number of aliphatic hydroxyl groups is 1. The highest BCUT2D eigenvalue weighted by atomic mass is 16.3. The number of rotatable bonds is 4. The SMILES string of the molecule is Cc1cccc[n+]1[C@H]1[C@@H](c2ccccc2)[C@H](C#N)C(C(=C=[N-])C#N)=N[C@]1(O)C1CC1. The third kappa shape index (κ3) is 3.13. The zero-order valence-electron chi connectivity index (χ0n) is 16.6. The van der Waals surface area contributed by atoms with Crippen LogP contribution in [0, 0.1) is 41.4 Å². The van der Waals surface area contributed by atoms with Crippen LogP contribution in [0.1, 0.15) is 36.1 Å². The lowest BCUT2D eigenvalue weighted by Gasteiger charge is -2.41. The molecule has 0 bridgehead atoms. The Morgan fingerprint density at radius 2 is 1.87 bits per heavy atom. The zero-order chi connectivity index (χ0) is 21.3. The molecule has 1 N–H and O–H groups in total. The van der Waals surface area contributed by atoms with Crippen molar-refractivity contribution in [3.8, 4) is 12.1 Å². The number of pyridine rings is 1. The number of aromatic nitrogens is 1. The maximum atomic E-state index is 12.0. The van der Waals surface area contributed by atoms with Gasteiger partial charge in [-0.15, -0.1) is 0 Å². The minimum Gasteiger partial charge on any atom is -0.762 e. The lowest BCUT2D eigenvalue weighted by Crippen LogP contribution is -2.61. The van der Waals surface area contributed by atoms with E-state index in [1.54, 1.807) is 0 Å². The Hall–Kier alpha value is -3.57. The molecule has 2 aliphatic rings. The van der Waals surface area contributed by atoms with Gasteiger partial charge in [0.2, 0.25) is 11.8 Å². The molecule has 4 atom stereocenters. The molecule has 6 heteroatoms. The van der Waals surface area contributed by atoms with Crippen molar-refractivity contribution >= 4 is 11.6 Å². The molecular formula is C24H21N5O. The number of allylic oxidation sites excluding steroid dienone is 1. The minimum atomic E-state index is -1.51. The lowest BCUT2D eigenvalue weighted by atomic mass is 9.70. The van der Waals surface area contributed by atoms with Gasteiger partial charge in [0.25, 0.3) is 0 Å². The van der Waals surface area contributed by atoms with Gasteiger partial charge in [-0.2, -0.15) is 15.1 Å². The fourth-order valence-electron chi connectivity index (χ4n) is 4.56. The molecule has 0 saturated heterocycles. The van der Waals surface area contributed by atoms with E-state index in [0.29, 0.717) is 0 Å². The quantitative estimate of drug-likeness (QED) is 0.488. The molecule has 0 amide bonds. The second-order valence-corrected chi connectivity index (χ2v) is 7.89. The van der Waals surface area contributed by atoms with E-state index in [4.69, 9.17) is 0 Å². The molecule has 2 aromatic rings. The first-order valence-corrected chi connectivity index (χ1v) is 9.96. The third-order valence-electron chi connectivity index (χ3n) is 6.11. The summed E-state index contributed by atoms with van der Waals surface area (Å²) in [4.78, 5) is 4.59. The summed E-state index contributed by atoms with van der Waals surface area (Å²) in [6, 6.07) is 18.9. The lowest BCUT2D eigenvalue weighted by molar-refractivity contribution is -0.748. The van der Waals surface area contributed by atoms with E-state index in [0.717, 1.165) is 24.1 Å². The molecule has 1 fully saturated rings. The predicted octanol–water partition coefficient (Wildman–Crippen LogP) is 2.99. The standard InChI is InChI=1S/C24H21N5O/c1-16-7-5-6-12-29(16)23-21(17-8-3-2-4-9-17)20(15-27)22(18(13-25)14-26)28-24(23,30)19-10-11-19/h2-9,12,19-21,23,30H,10-11H2,1H3/t20-,21-,23-,24-/m0/s1. The number of benzene rings is 1. The van der Waals surface area contributed by atoms with Crippen LogP contribution in [0.15, 0.2) is 65.3 Å². The van der Waals surface area contributed by atoms with Crippen LogP contribution in [0.2, 0.25) is 0 Å². The highest BCUT2D eigenvalue weighted by Gasteiger charge is 2.62. The summed E-state index contributed by atoms with van der Waals surface area (Å²) in [6.45, 7) is 1.96. The molecule has 1 saturated carbocycles. The molecule has 1 aromatic carbocycles. The Labute approximate surface area is 175 Å². The monoisotopic (exact) mass is 395 g/mol. The Morgan fingerprint density at radius 1 is 1.17 bits per heavy atom. The van der Waals surface area contributed by atoms with Gasteiger partial charge >= 0.3 is 0 Å². The summed E-state index contributed by atoms with van der Waals surface area (Å²) in [5.74, 6) is 0.478. The van der Waals surface area contributed by atoms with Gasteiger partial charge in [0.15, 0.2) is 11.9 Å². The average molecular weight is 395 g/mol. The van der Waals surface area contributed by atoms with Crippen LogP contribution in [-0.4, -0.2) is 22.4 Å². The fraction of sp³-hybridized carbons (Fsp3) is 0.333. The molecule has 0 unspecified atom stereocenters. The van der Waals surface area contributed by atoms with E-state index in [9.17, 15) is 21.0 Å². The van der Waals surface area contributed by atoms with Crippen molar-refractivity contribution in [2.45, 2.75) is 37.5 Å². The number of aliphatic imine (C=N–C) groups is 1. The first kappa shape index (κ1) is 19.7. The first-order chi connectivity index (χ1) is 14.5. The summed E-state index contributed by atoms with van der Waals surface area (Å²) in [7, 11) is 0. The van der Waals surface area contributed by atoms with Gasteiger partial charge in [-0.1, -0.05) is 36.4 Å². The van der Waals surface area contributed by atoms with Crippen molar-refractivity contribution in [2.75, 3.05) is 0 Å². The van der Waals surface area contributed by atoms with Crippen LogP contribution >= 0.6 is 0 Å². The van der Waals surface area contributed by atoms with Crippen molar-refractivity contribution in [1.82, 2.24) is 0 Å². The molecule has 4 rings (SSSR count). The maximum Gasteiger partial charge on any atom is 0.222 e. The average Bonchev–Trinajstić information content (AvgIpc) is 3.62. The Bertz CT molecular complexity index is 1130. The van der Waals surface area contributed by atoms with Crippen molar-refractivity contribution < 1.29 is 9.67 Å². The van der Waals surface area contributed by atoms with Gasteiger partial charge in [-0.3, -0.25) is 0 Å². The van der Waals surface area contributed by atoms with E-state index in [2.05, 4.69) is 11.1 Å². The molecule has 1 aliphatic carbocycles. The zero-order valence-corrected chi connectivity index (χ0v) is 16.6. The molecule has 0 spiro atoms. The van der Waals surface area contributed by atoms with Gasteiger partial charge in [-0.05, 0) is 18.4 Å². The minimum absolute atomic E-state index is 0.0888. The Morgan fingerprint density at radius 3 is 2.43 bits per heavy atom. The van der Waals surface area contributed by atoms with Crippen LogP contribution in [0.4, 0.5) is 0 Å². The van der Waals surface area contributed by atoms with Gasteiger partial charge < -0.3 is 10.5 Å². The van der Waals surface area contributed by atoms with Gasteiger partial charge in [0, 0.05) is 25.0 Å². The van der Waals surface area contributed by atoms with E-state index in [1.165, 1.54) is 0 Å². The number of nitrogens with zero attached hydrogens (tertiary/aromatic N) is 5. The topological polar surface area (TPSA) is 106 Å². The van der Waals surface area contributed by atoms with Crippen molar-refractivity contribution in [3.63, 3.8) is 0 Å². The summed E-state index contributed by atoms with van der Waals surface area (Å²) in [5.41, 5.74) is 0.166. The second-order valence-electron chi connectivity index (χ2n) is 7.89. The molecule has 2 heterocycles. The summed E-state index contributed by atoms with van der Waals surface area (Å²) in [6.07, 6.45) is 3.52. The van der Waals surface area contributed by atoms with E-state index >= 15 is 0 Å². The number of nitriles is 2. The summed E-state index contributed by atoms with van der Waals surface area (Å²) >= 11 is 0. The molecule has 1 aliphatic heterocycles. The van der Waals surface area contributed by atoms with Gasteiger partial charge in [0.1, 0.15) is 12.0 Å². The summed E-state index contributed by atoms with van der Waals surface area (Å²) < 4.78 is 1.99. The molecule has 6 nitrogen and oxygen atoms in total. The van der Waals surface area contributed by atoms with Crippen LogP contribution in [0.25, 0.3) is 5.41 Å². The second kappa shape index (κ2) is 7.69. The molecule has 148 valence electrons. The number of aryl methyl sites for hydroxylation is 1. The predicted molar refractivity (Wildman–Crippen MR) is 111 cm³/mol. The number of hydrogen-bond donors (Lipinski definition) is 1. The largest absolute Gasteiger partial charge is 0.762 e. The first-order valence-electron chi connectivity index (χ1n) is 9.96. The van der Waals surface area contributed by atoms with Crippen LogP contribution < -0.4 is 4.57 Å². The van der Waals surface area contributed by atoms with Crippen LogP contribution in [-0.2, 0) is 0 Å². The van der Waals surface area contributed by atoms with E-state index in [-0.39, 0.29) is 17.2 Å². The normalized spacial score (nSPS) is 27.9. The van der Waals surface area contributed by atoms with Gasteiger partial charge in [0.05, 0.1) is 23.3 Å². The Kier molecular flexibility index (Phi) is 5.06. The maximum absolute atomic E-state index is 12.0. The van der Waals surface area contributed by atoms with Crippen LogP contribution in [0.3, 0.4) is 0 Å². The smallest absolute Gasteiger partial charge is 0.222 e. The fourth-order valence-corrected chi connectivity index (χ4v) is 4.56. The molecule has 30 heavy (non-hydrogen) atoms. The molecule has 0 radical (unpaired) electrons. The molecular weight excluding hydrogens is 374 g/mol. The van der Waals surface area contributed by atoms with Gasteiger partial charge in [-0.25, -0.2) is 10.9 Å².